The number of piperazine rings is 1. The Balaban J connectivity index is 0.00000120. The highest BCUT2D eigenvalue weighted by Crippen LogP contribution is 2.18. The van der Waals surface area contributed by atoms with E-state index in [1.54, 1.807) is 0 Å². The molecule has 1 aromatic heterocycles. The number of likely N-dealkylation sites (N-methyl/N-ethyl adjacent to an activating group) is 1. The molecule has 1 aliphatic rings. The number of hydrogen-bond donors (Lipinski definition) is 1. The van der Waals surface area contributed by atoms with Crippen molar-refractivity contribution in [1.82, 2.24) is 14.9 Å². The van der Waals surface area contributed by atoms with Gasteiger partial charge in [-0.15, -0.1) is 24.8 Å². The van der Waals surface area contributed by atoms with Gasteiger partial charge in [-0.3, -0.25) is 0 Å². The first-order chi connectivity index (χ1) is 8.36. The van der Waals surface area contributed by atoms with Gasteiger partial charge in [-0.1, -0.05) is 26.5 Å². The first kappa shape index (κ1) is 19.0. The summed E-state index contributed by atoms with van der Waals surface area (Å²) < 4.78 is 0. The standard InChI is InChI=1S/C13H18N4.CH4.2ClH/c1-2-16-7-9-17(10-8-16)13-14-11-5-3-4-6-12(11)15-13;;;/h3-6H,2,7-10H2,1H3,(H,14,15);1H4;2*1H. The Morgan fingerprint density at radius 1 is 1.10 bits per heavy atom. The molecule has 1 aromatic carbocycles. The van der Waals surface area contributed by atoms with Gasteiger partial charge in [0.2, 0.25) is 5.95 Å². The quantitative estimate of drug-likeness (QED) is 0.923. The molecule has 0 unspecified atom stereocenters. The third kappa shape index (κ3) is 3.78. The average Bonchev–Trinajstić information content (AvgIpc) is 2.82. The van der Waals surface area contributed by atoms with Crippen molar-refractivity contribution in [3.63, 3.8) is 0 Å². The van der Waals surface area contributed by atoms with Crippen LogP contribution in [0.3, 0.4) is 0 Å². The van der Waals surface area contributed by atoms with E-state index >= 15 is 0 Å². The average molecular weight is 319 g/mol. The Kier molecular flexibility index (Phi) is 7.94. The summed E-state index contributed by atoms with van der Waals surface area (Å²) in [6, 6.07) is 8.20. The van der Waals surface area contributed by atoms with Crippen molar-refractivity contribution in [2.45, 2.75) is 14.4 Å². The van der Waals surface area contributed by atoms with Crippen LogP contribution < -0.4 is 4.90 Å². The van der Waals surface area contributed by atoms with Crippen molar-refractivity contribution in [3.8, 4) is 0 Å². The Labute approximate surface area is 133 Å². The minimum Gasteiger partial charge on any atom is -0.340 e. The second-order valence-corrected chi connectivity index (χ2v) is 4.50. The van der Waals surface area contributed by atoms with Gasteiger partial charge in [-0.25, -0.2) is 4.98 Å². The lowest BCUT2D eigenvalue weighted by Crippen LogP contribution is -2.46. The Morgan fingerprint density at radius 3 is 2.35 bits per heavy atom. The lowest BCUT2D eigenvalue weighted by molar-refractivity contribution is 0.270. The molecule has 0 aliphatic carbocycles. The Bertz CT molecular complexity index is 474. The number of aromatic amines is 1. The largest absolute Gasteiger partial charge is 0.340 e. The fraction of sp³-hybridized carbons (Fsp3) is 0.500. The lowest BCUT2D eigenvalue weighted by Gasteiger charge is -2.33. The summed E-state index contributed by atoms with van der Waals surface area (Å²) >= 11 is 0. The number of hydrogen-bond acceptors (Lipinski definition) is 3. The number of nitrogens with one attached hydrogen (secondary N) is 1. The minimum atomic E-state index is 0. The van der Waals surface area contributed by atoms with Crippen molar-refractivity contribution < 1.29 is 0 Å². The number of benzene rings is 1. The van der Waals surface area contributed by atoms with Crippen LogP contribution in [0.2, 0.25) is 0 Å². The third-order valence-electron chi connectivity index (χ3n) is 3.50. The summed E-state index contributed by atoms with van der Waals surface area (Å²) in [4.78, 5) is 12.8. The van der Waals surface area contributed by atoms with E-state index in [0.29, 0.717) is 0 Å². The number of halogens is 2. The smallest absolute Gasteiger partial charge is 0.203 e. The molecular weight excluding hydrogens is 295 g/mol. The van der Waals surface area contributed by atoms with Crippen molar-refractivity contribution in [3.05, 3.63) is 24.3 Å². The number of H-pyrrole nitrogens is 1. The molecule has 0 bridgehead atoms. The maximum Gasteiger partial charge on any atom is 0.203 e. The van der Waals surface area contributed by atoms with Crippen LogP contribution in [0.4, 0.5) is 5.95 Å². The van der Waals surface area contributed by atoms with Gasteiger partial charge < -0.3 is 14.8 Å². The second-order valence-electron chi connectivity index (χ2n) is 4.50. The van der Waals surface area contributed by atoms with Gasteiger partial charge in [0, 0.05) is 26.2 Å². The van der Waals surface area contributed by atoms with Crippen molar-refractivity contribution >= 4 is 41.8 Å². The van der Waals surface area contributed by atoms with Crippen LogP contribution in [-0.2, 0) is 0 Å². The van der Waals surface area contributed by atoms with Crippen molar-refractivity contribution in [2.75, 3.05) is 37.6 Å². The van der Waals surface area contributed by atoms with E-state index in [9.17, 15) is 0 Å². The molecule has 0 atom stereocenters. The van der Waals surface area contributed by atoms with E-state index < -0.39 is 0 Å². The van der Waals surface area contributed by atoms with Crippen LogP contribution in [-0.4, -0.2) is 47.6 Å². The monoisotopic (exact) mass is 318 g/mol. The Hall–Kier alpha value is -0.970. The normalized spacial score (nSPS) is 15.2. The van der Waals surface area contributed by atoms with Crippen LogP contribution >= 0.6 is 24.8 Å². The molecule has 1 fully saturated rings. The number of imidazole rings is 1. The first-order valence-electron chi connectivity index (χ1n) is 6.29. The molecule has 6 heteroatoms. The highest BCUT2D eigenvalue weighted by atomic mass is 35.5. The van der Waals surface area contributed by atoms with Gasteiger partial charge in [0.25, 0.3) is 0 Å². The zero-order valence-corrected chi connectivity index (χ0v) is 12.6. The first-order valence-corrected chi connectivity index (χ1v) is 6.29. The fourth-order valence-corrected chi connectivity index (χ4v) is 2.37. The predicted molar refractivity (Wildman–Crippen MR) is 91.6 cm³/mol. The van der Waals surface area contributed by atoms with E-state index in [0.717, 1.165) is 49.7 Å². The summed E-state index contributed by atoms with van der Waals surface area (Å²) in [6.45, 7) is 7.76. The zero-order chi connectivity index (χ0) is 11.7. The number of nitrogens with zero attached hydrogens (tertiary/aromatic N) is 3. The van der Waals surface area contributed by atoms with Crippen LogP contribution in [0, 0.1) is 0 Å². The minimum absolute atomic E-state index is 0. The van der Waals surface area contributed by atoms with Crippen LogP contribution in [0.15, 0.2) is 24.3 Å². The molecular formula is C14H24Cl2N4. The van der Waals surface area contributed by atoms with Crippen LogP contribution in [0.1, 0.15) is 14.4 Å². The molecule has 1 saturated heterocycles. The number of rotatable bonds is 2. The SMILES string of the molecule is C.CCN1CCN(c2nc3ccccc3[nH]2)CC1.Cl.Cl. The van der Waals surface area contributed by atoms with Crippen LogP contribution in [0.5, 0.6) is 0 Å². The number of fused-ring (bicyclic) bond motifs is 1. The van der Waals surface area contributed by atoms with E-state index in [4.69, 9.17) is 0 Å². The maximum atomic E-state index is 4.64. The van der Waals surface area contributed by atoms with Crippen LogP contribution in [0.25, 0.3) is 11.0 Å². The van der Waals surface area contributed by atoms with Gasteiger partial charge in [-0.2, -0.15) is 0 Å². The molecule has 114 valence electrons. The summed E-state index contributed by atoms with van der Waals surface area (Å²) in [7, 11) is 0. The summed E-state index contributed by atoms with van der Waals surface area (Å²) in [5.74, 6) is 1.02. The molecule has 3 rings (SSSR count). The molecule has 0 spiro atoms. The van der Waals surface area contributed by atoms with Crippen molar-refractivity contribution in [2.24, 2.45) is 0 Å². The topological polar surface area (TPSA) is 35.2 Å². The van der Waals surface area contributed by atoms with Gasteiger partial charge in [-0.05, 0) is 18.7 Å². The van der Waals surface area contributed by atoms with Gasteiger partial charge in [0.1, 0.15) is 0 Å². The molecule has 0 radical (unpaired) electrons. The number of anilines is 1. The van der Waals surface area contributed by atoms with E-state index in [1.165, 1.54) is 0 Å². The third-order valence-corrected chi connectivity index (χ3v) is 3.50. The van der Waals surface area contributed by atoms with E-state index in [1.807, 2.05) is 12.1 Å². The summed E-state index contributed by atoms with van der Waals surface area (Å²) in [6.07, 6.45) is 0. The number of para-hydroxylation sites is 2. The van der Waals surface area contributed by atoms with Gasteiger partial charge in [0.05, 0.1) is 11.0 Å². The molecule has 1 aliphatic heterocycles. The van der Waals surface area contributed by atoms with Gasteiger partial charge >= 0.3 is 0 Å². The summed E-state index contributed by atoms with van der Waals surface area (Å²) in [5.41, 5.74) is 2.18. The van der Waals surface area contributed by atoms with E-state index in [-0.39, 0.29) is 32.2 Å². The molecule has 4 nitrogen and oxygen atoms in total. The van der Waals surface area contributed by atoms with Gasteiger partial charge in [0.15, 0.2) is 0 Å². The fourth-order valence-electron chi connectivity index (χ4n) is 2.37. The predicted octanol–water partition coefficient (Wildman–Crippen LogP) is 3.18. The molecule has 2 aromatic rings. The molecule has 0 saturated carbocycles. The van der Waals surface area contributed by atoms with E-state index in [2.05, 4.69) is 38.8 Å². The molecule has 0 amide bonds. The second kappa shape index (κ2) is 8.35. The molecule has 20 heavy (non-hydrogen) atoms. The van der Waals surface area contributed by atoms with Crippen molar-refractivity contribution in [1.29, 1.82) is 0 Å². The maximum absolute atomic E-state index is 4.64. The highest BCUT2D eigenvalue weighted by Gasteiger charge is 2.18. The zero-order valence-electron chi connectivity index (χ0n) is 11.0. The highest BCUT2D eigenvalue weighted by molar-refractivity contribution is 5.85. The molecule has 2 heterocycles. The molecule has 1 N–H and O–H groups in total. The number of aromatic nitrogens is 2. The Morgan fingerprint density at radius 2 is 1.75 bits per heavy atom. The summed E-state index contributed by atoms with van der Waals surface area (Å²) in [5, 5.41) is 0. The lowest BCUT2D eigenvalue weighted by atomic mass is 10.3.